The van der Waals surface area contributed by atoms with Crippen LogP contribution in [0.15, 0.2) is 120 Å². The fraction of sp³-hybridized carbons (Fsp3) is 0.158. The van der Waals surface area contributed by atoms with E-state index in [1.54, 1.807) is 6.20 Å². The molecule has 3 heterocycles. The number of benzene rings is 4. The van der Waals surface area contributed by atoms with Crippen LogP contribution in [-0.4, -0.2) is 14.5 Å². The molecule has 3 aromatic heterocycles. The maximum Gasteiger partial charge on any atom is 0.0774 e. The Morgan fingerprint density at radius 1 is 0.721 bits per heavy atom. The molecule has 217 valence electrons. The van der Waals surface area contributed by atoms with Gasteiger partial charge in [-0.1, -0.05) is 99.3 Å². The van der Waals surface area contributed by atoms with Crippen molar-refractivity contribution in [3.05, 3.63) is 139 Å². The fourth-order valence-electron chi connectivity index (χ4n) is 5.35. The van der Waals surface area contributed by atoms with E-state index in [4.69, 9.17) is 9.40 Å². The minimum Gasteiger partial charge on any atom is -0.557 e. The van der Waals surface area contributed by atoms with Gasteiger partial charge >= 0.3 is 0 Å². The van der Waals surface area contributed by atoms with Crippen molar-refractivity contribution in [3.8, 4) is 28.3 Å². The molecule has 4 aromatic carbocycles. The minimum atomic E-state index is 0. The zero-order valence-electron chi connectivity index (χ0n) is 24.7. The number of para-hydroxylation sites is 4. The molecule has 0 aliphatic heterocycles. The van der Waals surface area contributed by atoms with Crippen molar-refractivity contribution < 1.29 is 24.5 Å². The average molecular weight is 740 g/mol. The Bertz CT molecular complexity index is 1880. The largest absolute Gasteiger partial charge is 0.557 e. The van der Waals surface area contributed by atoms with Gasteiger partial charge in [0, 0.05) is 43.8 Å². The molecule has 0 N–H and O–H groups in total. The standard InChI is InChI=1S/C27H25N2O.C11H8N.Ir/c1-17(2)19-11-9-12-20(18(3)4)26(19)29-24-14-7-6-13-23(24)28-27(29)22-16-30-25-15-8-5-10-21(22)25;1-2-6-10(7-3-1)11-8-4-5-9-12-11;/h5-15,17-18H,1-4H3;1-6,8-9H;/q2*-1;. The third kappa shape index (κ3) is 6.10. The molecule has 7 rings (SSSR count). The van der Waals surface area contributed by atoms with Crippen molar-refractivity contribution in [2.45, 2.75) is 39.5 Å². The van der Waals surface area contributed by atoms with Gasteiger partial charge in [-0.05, 0) is 46.9 Å². The van der Waals surface area contributed by atoms with Gasteiger partial charge in [-0.3, -0.25) is 4.98 Å². The summed E-state index contributed by atoms with van der Waals surface area (Å²) in [5.74, 6) is 1.65. The van der Waals surface area contributed by atoms with Crippen LogP contribution in [0.25, 0.3) is 50.3 Å². The Morgan fingerprint density at radius 3 is 2.12 bits per heavy atom. The van der Waals surface area contributed by atoms with Gasteiger partial charge in [0.05, 0.1) is 16.9 Å². The van der Waals surface area contributed by atoms with E-state index in [1.807, 2.05) is 66.7 Å². The number of hydrogen-bond acceptors (Lipinski definition) is 3. The van der Waals surface area contributed by atoms with Crippen LogP contribution in [0, 0.1) is 12.3 Å². The maximum atomic E-state index is 5.77. The molecule has 0 saturated heterocycles. The van der Waals surface area contributed by atoms with Gasteiger partial charge in [0.1, 0.15) is 0 Å². The number of rotatable bonds is 5. The van der Waals surface area contributed by atoms with Crippen LogP contribution < -0.4 is 0 Å². The van der Waals surface area contributed by atoms with Crippen LogP contribution in [0.3, 0.4) is 0 Å². The molecule has 1 radical (unpaired) electrons. The summed E-state index contributed by atoms with van der Waals surface area (Å²) < 4.78 is 8.08. The van der Waals surface area contributed by atoms with Gasteiger partial charge in [-0.25, -0.2) is 0 Å². The van der Waals surface area contributed by atoms with Gasteiger partial charge in [0.2, 0.25) is 0 Å². The average Bonchev–Trinajstić information content (AvgIpc) is 3.63. The number of pyridine rings is 1. The predicted octanol–water partition coefficient (Wildman–Crippen LogP) is 10.0. The smallest absolute Gasteiger partial charge is 0.0774 e. The van der Waals surface area contributed by atoms with Crippen LogP contribution in [0.2, 0.25) is 0 Å². The normalized spacial score (nSPS) is 11.0. The molecule has 0 aliphatic carbocycles. The summed E-state index contributed by atoms with van der Waals surface area (Å²) in [7, 11) is 0. The number of hydrogen-bond donors (Lipinski definition) is 0. The summed E-state index contributed by atoms with van der Waals surface area (Å²) in [6.07, 6.45) is 4.93. The molecule has 7 aromatic rings. The van der Waals surface area contributed by atoms with E-state index >= 15 is 0 Å². The van der Waals surface area contributed by atoms with Crippen molar-refractivity contribution in [1.29, 1.82) is 0 Å². The van der Waals surface area contributed by atoms with Crippen LogP contribution in [0.1, 0.15) is 50.7 Å². The zero-order chi connectivity index (χ0) is 29.1. The quantitative estimate of drug-likeness (QED) is 0.165. The third-order valence-corrected chi connectivity index (χ3v) is 7.42. The number of nitrogens with zero attached hydrogens (tertiary/aromatic N) is 3. The second-order valence-electron chi connectivity index (χ2n) is 10.9. The molecule has 0 amide bonds. The van der Waals surface area contributed by atoms with Gasteiger partial charge in [-0.15, -0.1) is 42.0 Å². The summed E-state index contributed by atoms with van der Waals surface area (Å²) in [5.41, 5.74) is 9.67. The molecule has 0 atom stereocenters. The molecule has 0 spiro atoms. The third-order valence-electron chi connectivity index (χ3n) is 7.42. The zero-order valence-corrected chi connectivity index (χ0v) is 27.1. The van der Waals surface area contributed by atoms with E-state index in [0.717, 1.165) is 44.6 Å². The molecule has 5 heteroatoms. The van der Waals surface area contributed by atoms with Gasteiger partial charge in [0.25, 0.3) is 0 Å². The van der Waals surface area contributed by atoms with Crippen LogP contribution in [-0.2, 0) is 20.1 Å². The van der Waals surface area contributed by atoms with Crippen LogP contribution >= 0.6 is 0 Å². The second-order valence-corrected chi connectivity index (χ2v) is 10.9. The minimum absolute atomic E-state index is 0. The van der Waals surface area contributed by atoms with Crippen LogP contribution in [0.4, 0.5) is 0 Å². The molecule has 0 fully saturated rings. The molecular weight excluding hydrogens is 707 g/mol. The van der Waals surface area contributed by atoms with E-state index in [-0.39, 0.29) is 20.1 Å². The number of imidazole rings is 1. The topological polar surface area (TPSA) is 43.9 Å². The summed E-state index contributed by atoms with van der Waals surface area (Å²) in [5, 5.41) is 1.03. The molecule has 0 unspecified atom stereocenters. The van der Waals surface area contributed by atoms with E-state index in [2.05, 4.69) is 92.0 Å². The first-order valence-electron chi connectivity index (χ1n) is 14.4. The van der Waals surface area contributed by atoms with E-state index in [0.29, 0.717) is 11.8 Å². The van der Waals surface area contributed by atoms with Gasteiger partial charge < -0.3 is 14.0 Å². The molecular formula is C38H33IrN3O-2. The summed E-state index contributed by atoms with van der Waals surface area (Å²) in [6.45, 7) is 9.00. The predicted molar refractivity (Wildman–Crippen MR) is 172 cm³/mol. The molecule has 0 saturated carbocycles. The first kappa shape index (κ1) is 30.2. The van der Waals surface area contributed by atoms with Crippen molar-refractivity contribution >= 4 is 22.0 Å². The van der Waals surface area contributed by atoms with Gasteiger partial charge in [-0.2, -0.15) is 0 Å². The summed E-state index contributed by atoms with van der Waals surface area (Å²) in [6, 6.07) is 39.9. The fourth-order valence-corrected chi connectivity index (χ4v) is 5.35. The Kier molecular flexibility index (Phi) is 9.35. The first-order chi connectivity index (χ1) is 20.5. The first-order valence-corrected chi connectivity index (χ1v) is 14.4. The Balaban J connectivity index is 0.000000238. The number of aromatic nitrogens is 3. The van der Waals surface area contributed by atoms with Crippen molar-refractivity contribution in [3.63, 3.8) is 0 Å². The van der Waals surface area contributed by atoms with Crippen molar-refractivity contribution in [2.24, 2.45) is 0 Å². The Labute approximate surface area is 266 Å². The Hall–Kier alpha value is -4.31. The molecule has 43 heavy (non-hydrogen) atoms. The van der Waals surface area contributed by atoms with Crippen molar-refractivity contribution in [2.75, 3.05) is 0 Å². The summed E-state index contributed by atoms with van der Waals surface area (Å²) >= 11 is 0. The second kappa shape index (κ2) is 13.3. The summed E-state index contributed by atoms with van der Waals surface area (Å²) in [4.78, 5) is 9.27. The maximum absolute atomic E-state index is 5.77. The number of fused-ring (bicyclic) bond motifs is 2. The van der Waals surface area contributed by atoms with E-state index in [9.17, 15) is 0 Å². The molecule has 0 aliphatic rings. The molecule has 4 nitrogen and oxygen atoms in total. The van der Waals surface area contributed by atoms with Crippen molar-refractivity contribution in [1.82, 2.24) is 14.5 Å². The van der Waals surface area contributed by atoms with Crippen LogP contribution in [0.5, 0.6) is 0 Å². The van der Waals surface area contributed by atoms with E-state index in [1.165, 1.54) is 16.8 Å². The van der Waals surface area contributed by atoms with E-state index < -0.39 is 0 Å². The number of furan rings is 1. The SMILES string of the molecule is CC(C)c1cccc(C(C)C)c1-n1c(-c2[c-]oc3ccccc23)nc2ccccc21.[Ir].[c-]1ccccc1-c1ccccn1. The van der Waals surface area contributed by atoms with Gasteiger partial charge in [0.15, 0.2) is 0 Å². The molecule has 0 bridgehead atoms. The monoisotopic (exact) mass is 740 g/mol. The Morgan fingerprint density at radius 2 is 1.42 bits per heavy atom.